The first kappa shape index (κ1) is 18.4. The van der Waals surface area contributed by atoms with Crippen LogP contribution >= 0.6 is 11.6 Å². The van der Waals surface area contributed by atoms with Crippen LogP contribution in [0.1, 0.15) is 0 Å². The molecule has 0 aliphatic carbocycles. The minimum absolute atomic E-state index is 0.315. The Hall–Kier alpha value is -1.96. The number of sulfonamides is 1. The van der Waals surface area contributed by atoms with Crippen LogP contribution in [0.3, 0.4) is 0 Å². The van der Waals surface area contributed by atoms with Gasteiger partial charge in [-0.15, -0.1) is 0 Å². The van der Waals surface area contributed by atoms with Gasteiger partial charge < -0.3 is 14.5 Å². The maximum atomic E-state index is 13.1. The molecule has 2 aliphatic heterocycles. The number of likely N-dealkylation sites (N-methyl/N-ethyl adjacent to an activating group) is 1. The molecular weight excluding hydrogens is 386 g/mol. The van der Waals surface area contributed by atoms with E-state index in [1.54, 1.807) is 22.5 Å². The molecule has 0 unspecified atom stereocenters. The van der Waals surface area contributed by atoms with Crippen molar-refractivity contribution in [1.29, 1.82) is 0 Å². The lowest BCUT2D eigenvalue weighted by molar-refractivity contribution is 0.311. The quantitative estimate of drug-likeness (QED) is 0.783. The zero-order valence-electron chi connectivity index (χ0n) is 15.1. The number of anilines is 2. The molecule has 1 saturated heterocycles. The minimum atomic E-state index is -3.53. The maximum Gasteiger partial charge on any atom is 0.243 e. The molecule has 4 rings (SSSR count). The van der Waals surface area contributed by atoms with Gasteiger partial charge in [0.2, 0.25) is 10.0 Å². The van der Waals surface area contributed by atoms with E-state index in [2.05, 4.69) is 4.90 Å². The number of fused-ring (bicyclic) bond motifs is 1. The summed E-state index contributed by atoms with van der Waals surface area (Å²) in [6, 6.07) is 12.7. The highest BCUT2D eigenvalue weighted by Gasteiger charge is 2.30. The smallest absolute Gasteiger partial charge is 0.243 e. The van der Waals surface area contributed by atoms with Crippen LogP contribution in [0.4, 0.5) is 11.4 Å². The van der Waals surface area contributed by atoms with Crippen molar-refractivity contribution in [2.24, 2.45) is 0 Å². The van der Waals surface area contributed by atoms with E-state index in [0.29, 0.717) is 42.7 Å². The summed E-state index contributed by atoms with van der Waals surface area (Å²) in [5.41, 5.74) is 1.84. The van der Waals surface area contributed by atoms with Gasteiger partial charge in [0.25, 0.3) is 0 Å². The summed E-state index contributed by atoms with van der Waals surface area (Å²) < 4.78 is 33.4. The lowest BCUT2D eigenvalue weighted by Crippen LogP contribution is -2.48. The number of piperazine rings is 1. The number of hydrogen-bond acceptors (Lipinski definition) is 5. The van der Waals surface area contributed by atoms with Crippen molar-refractivity contribution in [1.82, 2.24) is 4.31 Å². The molecule has 0 spiro atoms. The largest absolute Gasteiger partial charge is 0.490 e. The Balaban J connectivity index is 1.51. The van der Waals surface area contributed by atoms with Gasteiger partial charge in [-0.05, 0) is 36.4 Å². The molecule has 0 bridgehead atoms. The normalized spacial score (nSPS) is 18.1. The zero-order chi connectivity index (χ0) is 19.0. The topological polar surface area (TPSA) is 53.1 Å². The van der Waals surface area contributed by atoms with Crippen LogP contribution in [0.25, 0.3) is 0 Å². The van der Waals surface area contributed by atoms with Gasteiger partial charge in [-0.1, -0.05) is 17.7 Å². The van der Waals surface area contributed by atoms with Crippen molar-refractivity contribution in [2.45, 2.75) is 4.90 Å². The number of hydrogen-bond donors (Lipinski definition) is 0. The van der Waals surface area contributed by atoms with Crippen LogP contribution in [0.2, 0.25) is 5.02 Å². The fourth-order valence-corrected chi connectivity index (χ4v) is 5.13. The van der Waals surface area contributed by atoms with E-state index in [-0.39, 0.29) is 0 Å². The van der Waals surface area contributed by atoms with E-state index in [9.17, 15) is 8.42 Å². The second kappa shape index (κ2) is 7.22. The summed E-state index contributed by atoms with van der Waals surface area (Å²) >= 11 is 6.07. The molecule has 2 aromatic carbocycles. The highest BCUT2D eigenvalue weighted by Crippen LogP contribution is 2.34. The monoisotopic (exact) mass is 407 g/mol. The van der Waals surface area contributed by atoms with Crippen LogP contribution in [0.15, 0.2) is 47.4 Å². The summed E-state index contributed by atoms with van der Waals surface area (Å²) in [6.07, 6.45) is 0. The van der Waals surface area contributed by atoms with Crippen molar-refractivity contribution in [3.05, 3.63) is 47.5 Å². The van der Waals surface area contributed by atoms with E-state index in [1.807, 2.05) is 36.2 Å². The van der Waals surface area contributed by atoms with Crippen LogP contribution in [-0.2, 0) is 10.0 Å². The number of ether oxygens (including phenoxy) is 1. The van der Waals surface area contributed by atoms with Crippen molar-refractivity contribution >= 4 is 33.0 Å². The summed E-state index contributed by atoms with van der Waals surface area (Å²) in [7, 11) is -1.59. The first-order chi connectivity index (χ1) is 12.9. The average Bonchev–Trinajstić information content (AvgIpc) is 2.68. The summed E-state index contributed by atoms with van der Waals surface area (Å²) in [4.78, 5) is 4.50. The minimum Gasteiger partial charge on any atom is -0.490 e. The van der Waals surface area contributed by atoms with Crippen molar-refractivity contribution in [2.75, 3.05) is 56.2 Å². The molecule has 2 heterocycles. The van der Waals surface area contributed by atoms with Gasteiger partial charge in [-0.2, -0.15) is 4.31 Å². The summed E-state index contributed by atoms with van der Waals surface area (Å²) in [6.45, 7) is 3.51. The second-order valence-corrected chi connectivity index (χ2v) is 9.14. The molecule has 0 amide bonds. The molecule has 0 atom stereocenters. The Morgan fingerprint density at radius 1 is 1.00 bits per heavy atom. The average molecular weight is 408 g/mol. The first-order valence-electron chi connectivity index (χ1n) is 8.94. The van der Waals surface area contributed by atoms with E-state index < -0.39 is 10.0 Å². The van der Waals surface area contributed by atoms with Gasteiger partial charge in [0, 0.05) is 43.9 Å². The van der Waals surface area contributed by atoms with Crippen molar-refractivity contribution in [3.8, 4) is 5.75 Å². The third-order valence-electron chi connectivity index (χ3n) is 5.08. The molecule has 1 fully saturated rings. The Morgan fingerprint density at radius 2 is 1.78 bits per heavy atom. The summed E-state index contributed by atoms with van der Waals surface area (Å²) in [5.74, 6) is 0.730. The number of rotatable bonds is 3. The third kappa shape index (κ3) is 3.59. The van der Waals surface area contributed by atoms with Crippen molar-refractivity contribution < 1.29 is 13.2 Å². The van der Waals surface area contributed by atoms with Gasteiger partial charge in [-0.3, -0.25) is 0 Å². The molecule has 2 aromatic rings. The molecule has 0 aromatic heterocycles. The molecule has 6 nitrogen and oxygen atoms in total. The zero-order valence-corrected chi connectivity index (χ0v) is 16.7. The fraction of sp³-hybridized carbons (Fsp3) is 0.368. The Kier molecular flexibility index (Phi) is 4.92. The van der Waals surface area contributed by atoms with E-state index in [4.69, 9.17) is 16.3 Å². The summed E-state index contributed by atoms with van der Waals surface area (Å²) in [5, 5.41) is 0.683. The predicted octanol–water partition coefficient (Wildman–Crippen LogP) is 2.68. The number of nitrogens with zero attached hydrogens (tertiary/aromatic N) is 3. The Labute approximate surface area is 164 Å². The maximum absolute atomic E-state index is 13.1. The molecule has 0 saturated carbocycles. The van der Waals surface area contributed by atoms with Crippen LogP contribution in [-0.4, -0.2) is 59.1 Å². The van der Waals surface area contributed by atoms with Crippen LogP contribution in [0, 0.1) is 0 Å². The molecule has 27 heavy (non-hydrogen) atoms. The predicted molar refractivity (Wildman–Crippen MR) is 108 cm³/mol. The highest BCUT2D eigenvalue weighted by molar-refractivity contribution is 7.89. The van der Waals surface area contributed by atoms with Gasteiger partial charge in [0.15, 0.2) is 0 Å². The molecular formula is C19H22ClN3O3S. The SMILES string of the molecule is CN1CCOc2ccc(S(=O)(=O)N3CCN(c4cccc(Cl)c4)CC3)cc21. The lowest BCUT2D eigenvalue weighted by atomic mass is 10.2. The molecule has 0 N–H and O–H groups in total. The molecule has 144 valence electrons. The van der Waals surface area contributed by atoms with Gasteiger partial charge in [0.05, 0.1) is 17.1 Å². The third-order valence-corrected chi connectivity index (χ3v) is 7.21. The van der Waals surface area contributed by atoms with E-state index >= 15 is 0 Å². The fourth-order valence-electron chi connectivity index (χ4n) is 3.50. The van der Waals surface area contributed by atoms with E-state index in [0.717, 1.165) is 23.7 Å². The molecule has 2 aliphatic rings. The Bertz CT molecular complexity index is 943. The molecule has 0 radical (unpaired) electrons. The first-order valence-corrected chi connectivity index (χ1v) is 10.8. The second-order valence-electron chi connectivity index (χ2n) is 6.77. The van der Waals surface area contributed by atoms with Crippen LogP contribution < -0.4 is 14.5 Å². The van der Waals surface area contributed by atoms with Gasteiger partial charge >= 0.3 is 0 Å². The Morgan fingerprint density at radius 3 is 2.52 bits per heavy atom. The van der Waals surface area contributed by atoms with Crippen LogP contribution in [0.5, 0.6) is 5.75 Å². The number of halogens is 1. The highest BCUT2D eigenvalue weighted by atomic mass is 35.5. The molecule has 8 heteroatoms. The lowest BCUT2D eigenvalue weighted by Gasteiger charge is -2.35. The van der Waals surface area contributed by atoms with Crippen molar-refractivity contribution in [3.63, 3.8) is 0 Å². The van der Waals surface area contributed by atoms with E-state index in [1.165, 1.54) is 0 Å². The van der Waals surface area contributed by atoms with Gasteiger partial charge in [-0.25, -0.2) is 8.42 Å². The van der Waals surface area contributed by atoms with Gasteiger partial charge in [0.1, 0.15) is 12.4 Å². The standard InChI is InChI=1S/C19H22ClN3O3S/c1-21-11-12-26-19-6-5-17(14-18(19)21)27(24,25)23-9-7-22(8-10-23)16-4-2-3-15(20)13-16/h2-6,13-14H,7-12H2,1H3. The number of benzene rings is 2.